The number of fused-ring (bicyclic) bond motifs is 1. The van der Waals surface area contributed by atoms with Crippen LogP contribution in [0.1, 0.15) is 42.3 Å². The minimum atomic E-state index is -0.0123. The third-order valence-corrected chi connectivity index (χ3v) is 5.62. The Morgan fingerprint density at radius 2 is 1.96 bits per heavy atom. The molecule has 6 heteroatoms. The first-order valence-electron chi connectivity index (χ1n) is 9.25. The average molecular weight is 386 g/mol. The lowest BCUT2D eigenvalue weighted by Crippen LogP contribution is -2.28. The third-order valence-electron chi connectivity index (χ3n) is 4.68. The number of hydrogen-bond acceptors (Lipinski definition) is 5. The Balaban J connectivity index is 1.79. The van der Waals surface area contributed by atoms with Crippen molar-refractivity contribution in [3.63, 3.8) is 0 Å². The molecule has 0 unspecified atom stereocenters. The van der Waals surface area contributed by atoms with Crippen molar-refractivity contribution in [2.24, 2.45) is 0 Å². The van der Waals surface area contributed by atoms with Crippen LogP contribution in [-0.2, 0) is 17.8 Å². The third kappa shape index (κ3) is 4.83. The second-order valence-corrected chi connectivity index (χ2v) is 8.02. The van der Waals surface area contributed by atoms with Gasteiger partial charge in [0.15, 0.2) is 4.96 Å². The highest BCUT2D eigenvalue weighted by atomic mass is 32.1. The first-order chi connectivity index (χ1) is 13.0. The fourth-order valence-corrected chi connectivity index (χ4v) is 4.00. The minimum absolute atomic E-state index is 0.0123. The van der Waals surface area contributed by atoms with Crippen LogP contribution < -0.4 is 5.56 Å². The lowest BCUT2D eigenvalue weighted by molar-refractivity contribution is 0.139. The topological polar surface area (TPSA) is 46.8 Å². The molecule has 0 aliphatic heterocycles. The summed E-state index contributed by atoms with van der Waals surface area (Å²) in [4.78, 5) is 20.1. The molecule has 0 radical (unpaired) electrons. The quantitative estimate of drug-likeness (QED) is 0.591. The monoisotopic (exact) mass is 385 g/mol. The van der Waals surface area contributed by atoms with Crippen molar-refractivity contribution >= 4 is 16.3 Å². The summed E-state index contributed by atoms with van der Waals surface area (Å²) in [7, 11) is 1.71. The second-order valence-electron chi connectivity index (χ2n) is 7.18. The van der Waals surface area contributed by atoms with Gasteiger partial charge < -0.3 is 4.74 Å². The molecule has 0 aliphatic rings. The summed E-state index contributed by atoms with van der Waals surface area (Å²) in [6, 6.07) is 10.4. The summed E-state index contributed by atoms with van der Waals surface area (Å²) in [5.74, 6) is 0.529. The highest BCUT2D eigenvalue weighted by Crippen LogP contribution is 2.17. The molecule has 0 N–H and O–H groups in total. The zero-order valence-electron chi connectivity index (χ0n) is 16.4. The van der Waals surface area contributed by atoms with Crippen molar-refractivity contribution in [2.45, 2.75) is 39.8 Å². The van der Waals surface area contributed by atoms with Crippen LogP contribution in [0.3, 0.4) is 0 Å². The fourth-order valence-electron chi connectivity index (χ4n) is 3.11. The fraction of sp³-hybridized carbons (Fsp3) is 0.429. The van der Waals surface area contributed by atoms with Crippen LogP contribution in [-0.4, -0.2) is 34.5 Å². The molecule has 3 rings (SSSR count). The van der Waals surface area contributed by atoms with Crippen LogP contribution in [0.4, 0.5) is 0 Å². The lowest BCUT2D eigenvalue weighted by Gasteiger charge is -2.22. The Labute approximate surface area is 164 Å². The number of methoxy groups -OCH3 is 1. The van der Waals surface area contributed by atoms with Crippen molar-refractivity contribution in [1.29, 1.82) is 0 Å². The molecule has 0 fully saturated rings. The van der Waals surface area contributed by atoms with E-state index in [1.807, 2.05) is 12.3 Å². The van der Waals surface area contributed by atoms with E-state index in [2.05, 4.69) is 48.0 Å². The van der Waals surface area contributed by atoms with Gasteiger partial charge in [-0.2, -0.15) is 0 Å². The van der Waals surface area contributed by atoms with Gasteiger partial charge in [0.2, 0.25) is 0 Å². The molecule has 0 spiro atoms. The second kappa shape index (κ2) is 8.78. The molecule has 3 aromatic rings. The standard InChI is InChI=1S/C21H27N3O2S/c1-15(2)18-7-5-17(6-8-18)12-23(9-10-26-4)13-19-11-20(25)24-16(3)14-27-21(24)22-19/h5-8,11,14-15H,9-10,12-13H2,1-4H3. The highest BCUT2D eigenvalue weighted by Gasteiger charge is 2.12. The maximum atomic E-state index is 12.4. The lowest BCUT2D eigenvalue weighted by atomic mass is 10.0. The van der Waals surface area contributed by atoms with Crippen LogP contribution in [0.15, 0.2) is 40.5 Å². The molecule has 0 saturated carbocycles. The van der Waals surface area contributed by atoms with Gasteiger partial charge in [-0.15, -0.1) is 11.3 Å². The number of aryl methyl sites for hydroxylation is 1. The van der Waals surface area contributed by atoms with Gasteiger partial charge in [-0.25, -0.2) is 4.98 Å². The van der Waals surface area contributed by atoms with Crippen molar-refractivity contribution < 1.29 is 4.74 Å². The van der Waals surface area contributed by atoms with Gasteiger partial charge in [0, 0.05) is 43.9 Å². The summed E-state index contributed by atoms with van der Waals surface area (Å²) in [5, 5.41) is 1.96. The van der Waals surface area contributed by atoms with E-state index in [1.54, 1.807) is 17.6 Å². The van der Waals surface area contributed by atoms with Crippen molar-refractivity contribution in [3.8, 4) is 0 Å². The van der Waals surface area contributed by atoms with Gasteiger partial charge in [-0.1, -0.05) is 38.1 Å². The zero-order valence-corrected chi connectivity index (χ0v) is 17.3. The van der Waals surface area contributed by atoms with Gasteiger partial charge in [0.25, 0.3) is 5.56 Å². The SMILES string of the molecule is COCCN(Cc1ccc(C(C)C)cc1)Cc1cc(=O)n2c(C)csc2n1. The average Bonchev–Trinajstić information content (AvgIpc) is 3.01. The highest BCUT2D eigenvalue weighted by molar-refractivity contribution is 7.15. The Kier molecular flexibility index (Phi) is 6.42. The van der Waals surface area contributed by atoms with E-state index >= 15 is 0 Å². The number of aromatic nitrogens is 2. The molecule has 0 amide bonds. The van der Waals surface area contributed by atoms with Gasteiger partial charge in [0.05, 0.1) is 12.3 Å². The van der Waals surface area contributed by atoms with E-state index in [9.17, 15) is 4.79 Å². The minimum Gasteiger partial charge on any atom is -0.383 e. The van der Waals surface area contributed by atoms with Gasteiger partial charge in [-0.05, 0) is 24.0 Å². The van der Waals surface area contributed by atoms with E-state index in [0.717, 1.165) is 29.4 Å². The number of thiazole rings is 1. The molecule has 0 bridgehead atoms. The van der Waals surface area contributed by atoms with Crippen molar-refractivity contribution in [1.82, 2.24) is 14.3 Å². The molecular weight excluding hydrogens is 358 g/mol. The largest absolute Gasteiger partial charge is 0.383 e. The van der Waals surface area contributed by atoms with Crippen molar-refractivity contribution in [3.05, 3.63) is 68.6 Å². The Bertz CT molecular complexity index is 944. The molecule has 0 aliphatic carbocycles. The summed E-state index contributed by atoms with van der Waals surface area (Å²) < 4.78 is 6.93. The predicted octanol–water partition coefficient (Wildman–Crippen LogP) is 3.84. The normalized spacial score (nSPS) is 11.8. The van der Waals surface area contributed by atoms with E-state index in [4.69, 9.17) is 4.74 Å². The molecule has 1 aromatic carbocycles. The summed E-state index contributed by atoms with van der Waals surface area (Å²) in [5.41, 5.74) is 4.31. The van der Waals surface area contributed by atoms with E-state index < -0.39 is 0 Å². The number of benzene rings is 1. The molecule has 27 heavy (non-hydrogen) atoms. The Hall–Kier alpha value is -2.02. The zero-order chi connectivity index (χ0) is 19.4. The maximum Gasteiger partial charge on any atom is 0.259 e. The Morgan fingerprint density at radius 1 is 1.22 bits per heavy atom. The van der Waals surface area contributed by atoms with Crippen LogP contribution >= 0.6 is 11.3 Å². The number of nitrogens with zero attached hydrogens (tertiary/aromatic N) is 3. The van der Waals surface area contributed by atoms with Crippen LogP contribution in [0.2, 0.25) is 0 Å². The van der Waals surface area contributed by atoms with Gasteiger partial charge in [-0.3, -0.25) is 14.1 Å². The number of rotatable bonds is 8. The Morgan fingerprint density at radius 3 is 2.63 bits per heavy atom. The number of hydrogen-bond donors (Lipinski definition) is 0. The van der Waals surface area contributed by atoms with Gasteiger partial charge in [0.1, 0.15) is 0 Å². The summed E-state index contributed by atoms with van der Waals surface area (Å²) >= 11 is 1.50. The van der Waals surface area contributed by atoms with Crippen LogP contribution in [0.5, 0.6) is 0 Å². The van der Waals surface area contributed by atoms with E-state index in [-0.39, 0.29) is 5.56 Å². The van der Waals surface area contributed by atoms with Crippen LogP contribution in [0.25, 0.3) is 4.96 Å². The molecular formula is C21H27N3O2S. The first-order valence-corrected chi connectivity index (χ1v) is 10.1. The predicted molar refractivity (Wildman–Crippen MR) is 111 cm³/mol. The molecule has 0 atom stereocenters. The molecule has 2 heterocycles. The first kappa shape index (κ1) is 19.7. The smallest absolute Gasteiger partial charge is 0.259 e. The summed E-state index contributed by atoms with van der Waals surface area (Å²) in [6.45, 7) is 9.18. The maximum absolute atomic E-state index is 12.4. The van der Waals surface area contributed by atoms with Crippen molar-refractivity contribution in [2.75, 3.05) is 20.3 Å². The van der Waals surface area contributed by atoms with E-state index in [0.29, 0.717) is 19.1 Å². The molecule has 144 valence electrons. The molecule has 2 aromatic heterocycles. The molecule has 5 nitrogen and oxygen atoms in total. The number of ether oxygens (including phenoxy) is 1. The molecule has 0 saturated heterocycles. The van der Waals surface area contributed by atoms with Gasteiger partial charge >= 0.3 is 0 Å². The van der Waals surface area contributed by atoms with E-state index in [1.165, 1.54) is 22.5 Å². The van der Waals surface area contributed by atoms with Crippen LogP contribution in [0, 0.1) is 6.92 Å². The summed E-state index contributed by atoms with van der Waals surface area (Å²) in [6.07, 6.45) is 0.